The van der Waals surface area contributed by atoms with Gasteiger partial charge >= 0.3 is 5.97 Å². The molecule has 0 bridgehead atoms. The second kappa shape index (κ2) is 5.78. The fourth-order valence-corrected chi connectivity index (χ4v) is 3.93. The van der Waals surface area contributed by atoms with Crippen LogP contribution in [0.1, 0.15) is 36.5 Å². The van der Waals surface area contributed by atoms with Gasteiger partial charge < -0.3 is 10.0 Å². The number of aliphatic carboxylic acids is 1. The van der Waals surface area contributed by atoms with Gasteiger partial charge in [-0.3, -0.25) is 9.59 Å². The average Bonchev–Trinajstić information content (AvgIpc) is 2.96. The molecule has 1 atom stereocenters. The van der Waals surface area contributed by atoms with Crippen LogP contribution in [-0.2, 0) is 4.79 Å². The fourth-order valence-electron chi connectivity index (χ4n) is 2.61. The number of rotatable bonds is 4. The highest BCUT2D eigenvalue weighted by Gasteiger charge is 2.45. The van der Waals surface area contributed by atoms with Gasteiger partial charge in [-0.25, -0.2) is 0 Å². The molecule has 4 nitrogen and oxygen atoms in total. The Morgan fingerprint density at radius 1 is 1.58 bits per heavy atom. The largest absolute Gasteiger partial charge is 0.481 e. The summed E-state index contributed by atoms with van der Waals surface area (Å²) in [7, 11) is 0. The van der Waals surface area contributed by atoms with Crippen LogP contribution in [0, 0.1) is 8.30 Å². The van der Waals surface area contributed by atoms with Crippen molar-refractivity contribution in [2.45, 2.75) is 26.2 Å². The van der Waals surface area contributed by atoms with E-state index < -0.39 is 11.4 Å². The SMILES string of the molecule is CCCC1(C(=O)O)CCN(C(=O)c2csc(I)c2)C1. The summed E-state index contributed by atoms with van der Waals surface area (Å²) in [5.74, 6) is -0.817. The lowest BCUT2D eigenvalue weighted by Gasteiger charge is -2.24. The van der Waals surface area contributed by atoms with Crippen molar-refractivity contribution in [3.8, 4) is 0 Å². The smallest absolute Gasteiger partial charge is 0.311 e. The van der Waals surface area contributed by atoms with E-state index in [1.165, 1.54) is 11.3 Å². The van der Waals surface area contributed by atoms with Gasteiger partial charge in [0.25, 0.3) is 5.91 Å². The van der Waals surface area contributed by atoms with Crippen LogP contribution in [0.25, 0.3) is 0 Å². The van der Waals surface area contributed by atoms with Gasteiger partial charge in [-0.1, -0.05) is 13.3 Å². The summed E-state index contributed by atoms with van der Waals surface area (Å²) in [6, 6.07) is 1.86. The number of likely N-dealkylation sites (tertiary alicyclic amines) is 1. The summed E-state index contributed by atoms with van der Waals surface area (Å²) < 4.78 is 1.07. The number of carboxylic acid groups (broad SMARTS) is 1. The number of halogens is 1. The lowest BCUT2D eigenvalue weighted by atomic mass is 9.83. The maximum absolute atomic E-state index is 12.3. The van der Waals surface area contributed by atoms with Gasteiger partial charge in [0.2, 0.25) is 0 Å². The minimum atomic E-state index is -0.774. The zero-order valence-corrected chi connectivity index (χ0v) is 13.7. The highest BCUT2D eigenvalue weighted by Crippen LogP contribution is 2.36. The molecule has 0 spiro atoms. The minimum absolute atomic E-state index is 0.0432. The van der Waals surface area contributed by atoms with E-state index in [0.717, 1.165) is 9.30 Å². The Balaban J connectivity index is 2.13. The minimum Gasteiger partial charge on any atom is -0.481 e. The molecule has 1 aliphatic rings. The number of carbonyl (C=O) groups is 2. The third-order valence-electron chi connectivity index (χ3n) is 3.64. The van der Waals surface area contributed by atoms with E-state index in [2.05, 4.69) is 22.6 Å². The van der Waals surface area contributed by atoms with Crippen LogP contribution in [0.15, 0.2) is 11.4 Å². The van der Waals surface area contributed by atoms with Crippen LogP contribution >= 0.6 is 33.9 Å². The van der Waals surface area contributed by atoms with Gasteiger partial charge in [0.15, 0.2) is 0 Å². The average molecular weight is 393 g/mol. The van der Waals surface area contributed by atoms with Gasteiger partial charge in [0.05, 0.1) is 13.9 Å². The first-order valence-electron chi connectivity index (χ1n) is 6.25. The van der Waals surface area contributed by atoms with Crippen LogP contribution in [0.4, 0.5) is 0 Å². The van der Waals surface area contributed by atoms with Crippen LogP contribution in [0.2, 0.25) is 0 Å². The molecule has 2 rings (SSSR count). The lowest BCUT2D eigenvalue weighted by Crippen LogP contribution is -2.36. The van der Waals surface area contributed by atoms with E-state index in [1.807, 2.05) is 18.4 Å². The van der Waals surface area contributed by atoms with Crippen LogP contribution in [0.5, 0.6) is 0 Å². The molecule has 0 aromatic carbocycles. The molecule has 0 saturated carbocycles. The Kier molecular flexibility index (Phi) is 4.50. The highest BCUT2D eigenvalue weighted by atomic mass is 127. The van der Waals surface area contributed by atoms with Crippen molar-refractivity contribution >= 4 is 45.8 Å². The highest BCUT2D eigenvalue weighted by molar-refractivity contribution is 14.1. The summed E-state index contributed by atoms with van der Waals surface area (Å²) in [5.41, 5.74) is -0.0692. The maximum atomic E-state index is 12.3. The number of hydrogen-bond acceptors (Lipinski definition) is 3. The first-order valence-corrected chi connectivity index (χ1v) is 8.21. The Hall–Kier alpha value is -0.630. The van der Waals surface area contributed by atoms with Crippen molar-refractivity contribution in [2.24, 2.45) is 5.41 Å². The van der Waals surface area contributed by atoms with E-state index in [9.17, 15) is 14.7 Å². The summed E-state index contributed by atoms with van der Waals surface area (Å²) in [5, 5.41) is 11.3. The second-order valence-corrected chi connectivity index (χ2v) is 7.76. The normalized spacial score (nSPS) is 22.7. The van der Waals surface area contributed by atoms with Gasteiger partial charge in [-0.2, -0.15) is 0 Å². The Morgan fingerprint density at radius 3 is 2.84 bits per heavy atom. The van der Waals surface area contributed by atoms with Gasteiger partial charge in [0.1, 0.15) is 0 Å². The summed E-state index contributed by atoms with van der Waals surface area (Å²) in [6.45, 7) is 2.86. The molecule has 2 heterocycles. The molecular weight excluding hydrogens is 377 g/mol. The van der Waals surface area contributed by atoms with Gasteiger partial charge in [0, 0.05) is 18.5 Å². The molecule has 1 aliphatic heterocycles. The molecule has 1 unspecified atom stereocenters. The monoisotopic (exact) mass is 393 g/mol. The molecule has 1 fully saturated rings. The number of carboxylic acids is 1. The number of carbonyl (C=O) groups excluding carboxylic acids is 1. The molecule has 1 aromatic heterocycles. The van der Waals surface area contributed by atoms with Gasteiger partial charge in [-0.15, -0.1) is 11.3 Å². The van der Waals surface area contributed by atoms with Crippen molar-refractivity contribution in [3.05, 3.63) is 19.9 Å². The third-order valence-corrected chi connectivity index (χ3v) is 5.43. The maximum Gasteiger partial charge on any atom is 0.311 e. The van der Waals surface area contributed by atoms with Crippen molar-refractivity contribution < 1.29 is 14.7 Å². The summed E-state index contributed by atoms with van der Waals surface area (Å²) in [6.07, 6.45) is 2.01. The molecule has 104 valence electrons. The first-order chi connectivity index (χ1) is 8.98. The third kappa shape index (κ3) is 2.94. The standard InChI is InChI=1S/C13H16INO3S/c1-2-3-13(12(17)18)4-5-15(8-13)11(16)9-6-10(14)19-7-9/h6-7H,2-5,8H2,1H3,(H,17,18). The Bertz CT molecular complexity index is 502. The number of nitrogens with zero attached hydrogens (tertiary/aromatic N) is 1. The molecular formula is C13H16INO3S. The van der Waals surface area contributed by atoms with E-state index in [-0.39, 0.29) is 5.91 Å². The summed E-state index contributed by atoms with van der Waals surface area (Å²) >= 11 is 3.71. The quantitative estimate of drug-likeness (QED) is 0.801. The van der Waals surface area contributed by atoms with Crippen LogP contribution in [-0.4, -0.2) is 35.0 Å². The van der Waals surface area contributed by atoms with E-state index >= 15 is 0 Å². The molecule has 1 N–H and O–H groups in total. The Morgan fingerprint density at radius 2 is 2.32 bits per heavy atom. The zero-order valence-electron chi connectivity index (χ0n) is 10.7. The number of amides is 1. The van der Waals surface area contributed by atoms with Gasteiger partial charge in [-0.05, 0) is 41.5 Å². The van der Waals surface area contributed by atoms with E-state index in [4.69, 9.17) is 0 Å². The second-order valence-electron chi connectivity index (χ2n) is 4.95. The van der Waals surface area contributed by atoms with Crippen molar-refractivity contribution in [1.29, 1.82) is 0 Å². The lowest BCUT2D eigenvalue weighted by molar-refractivity contribution is -0.148. The van der Waals surface area contributed by atoms with Crippen LogP contribution in [0.3, 0.4) is 0 Å². The fraction of sp³-hybridized carbons (Fsp3) is 0.538. The van der Waals surface area contributed by atoms with Crippen LogP contribution < -0.4 is 0 Å². The summed E-state index contributed by atoms with van der Waals surface area (Å²) in [4.78, 5) is 25.5. The first kappa shape index (κ1) is 14.8. The zero-order chi connectivity index (χ0) is 14.0. The molecule has 6 heteroatoms. The Labute approximate surface area is 129 Å². The molecule has 1 aromatic rings. The van der Waals surface area contributed by atoms with Crippen molar-refractivity contribution in [2.75, 3.05) is 13.1 Å². The molecule has 0 radical (unpaired) electrons. The molecule has 1 amide bonds. The number of hydrogen-bond donors (Lipinski definition) is 1. The predicted octanol–water partition coefficient (Wildman–Crippen LogP) is 3.07. The van der Waals surface area contributed by atoms with Crippen molar-refractivity contribution in [1.82, 2.24) is 4.90 Å². The van der Waals surface area contributed by atoms with E-state index in [0.29, 0.717) is 31.5 Å². The molecule has 0 aliphatic carbocycles. The molecule has 19 heavy (non-hydrogen) atoms. The van der Waals surface area contributed by atoms with Crippen molar-refractivity contribution in [3.63, 3.8) is 0 Å². The van der Waals surface area contributed by atoms with E-state index in [1.54, 1.807) is 4.90 Å². The number of thiophene rings is 1. The molecule has 1 saturated heterocycles. The predicted molar refractivity (Wildman–Crippen MR) is 82.5 cm³/mol. The topological polar surface area (TPSA) is 57.6 Å².